The van der Waals surface area contributed by atoms with Crippen molar-refractivity contribution in [1.82, 2.24) is 0 Å². The van der Waals surface area contributed by atoms with Crippen LogP contribution in [0.3, 0.4) is 0 Å². The zero-order valence-corrected chi connectivity index (χ0v) is 18.0. The molecule has 0 radical (unpaired) electrons. The number of Topliss-reactive ketones (excluding diaryl/α,β-unsaturated/α-hetero) is 1. The van der Waals surface area contributed by atoms with Gasteiger partial charge < -0.3 is 5.11 Å². The van der Waals surface area contributed by atoms with Crippen molar-refractivity contribution < 1.29 is 9.90 Å². The Morgan fingerprint density at radius 1 is 1.11 bits per heavy atom. The van der Waals surface area contributed by atoms with E-state index in [0.29, 0.717) is 34.9 Å². The molecule has 3 unspecified atom stereocenters. The van der Waals surface area contributed by atoms with Gasteiger partial charge in [0.05, 0.1) is 6.10 Å². The van der Waals surface area contributed by atoms with Gasteiger partial charge in [0.25, 0.3) is 0 Å². The third kappa shape index (κ3) is 2.80. The fraction of sp³-hybridized carbons (Fsp3) is 0.880. The number of fused-ring (bicyclic) bond motifs is 5. The van der Waals surface area contributed by atoms with Gasteiger partial charge in [-0.2, -0.15) is 0 Å². The maximum absolute atomic E-state index is 12.5. The molecule has 0 bridgehead atoms. The zero-order chi connectivity index (χ0) is 19.6. The first-order valence-corrected chi connectivity index (χ1v) is 11.6. The molecule has 4 aliphatic carbocycles. The van der Waals surface area contributed by atoms with Crippen LogP contribution in [0.2, 0.25) is 0 Å². The minimum atomic E-state index is -0.0881. The largest absolute Gasteiger partial charge is 0.393 e. The first-order valence-electron chi connectivity index (χ1n) is 11.6. The average Bonchev–Trinajstić information content (AvgIpc) is 2.98. The SMILES string of the molecule is C=C(CC)[C@H]1C[C@@]2(C)C(CC[C@@H]2C(C)=O)[C@@H]2CCC3C[C@H](O)CC[C@]3(C)C21. The van der Waals surface area contributed by atoms with Crippen LogP contribution in [-0.2, 0) is 4.79 Å². The molecule has 1 N–H and O–H groups in total. The van der Waals surface area contributed by atoms with E-state index in [9.17, 15) is 9.90 Å². The van der Waals surface area contributed by atoms with Crippen LogP contribution in [0.4, 0.5) is 0 Å². The Balaban J connectivity index is 1.75. The number of aliphatic hydroxyl groups is 1. The van der Waals surface area contributed by atoms with Crippen molar-refractivity contribution in [3.8, 4) is 0 Å². The summed E-state index contributed by atoms with van der Waals surface area (Å²) in [6, 6.07) is 0. The summed E-state index contributed by atoms with van der Waals surface area (Å²) in [4.78, 5) is 12.5. The molecular formula is C25H40O2. The van der Waals surface area contributed by atoms with Gasteiger partial charge >= 0.3 is 0 Å². The molecule has 0 aromatic heterocycles. The third-order valence-electron chi connectivity index (χ3n) is 10.1. The topological polar surface area (TPSA) is 37.3 Å². The summed E-state index contributed by atoms with van der Waals surface area (Å²) in [6.45, 7) is 13.6. The Labute approximate surface area is 166 Å². The van der Waals surface area contributed by atoms with E-state index < -0.39 is 0 Å². The Morgan fingerprint density at radius 3 is 2.52 bits per heavy atom. The van der Waals surface area contributed by atoms with Crippen LogP contribution in [0.25, 0.3) is 0 Å². The van der Waals surface area contributed by atoms with Gasteiger partial charge in [-0.1, -0.05) is 32.9 Å². The molecule has 152 valence electrons. The molecule has 4 aliphatic rings. The summed E-state index contributed by atoms with van der Waals surface area (Å²) < 4.78 is 0. The van der Waals surface area contributed by atoms with E-state index in [0.717, 1.165) is 31.6 Å². The fourth-order valence-corrected chi connectivity index (χ4v) is 8.75. The van der Waals surface area contributed by atoms with E-state index in [1.165, 1.54) is 37.7 Å². The summed E-state index contributed by atoms with van der Waals surface area (Å²) in [5.41, 5.74) is 1.94. The maximum Gasteiger partial charge on any atom is 0.133 e. The molecule has 27 heavy (non-hydrogen) atoms. The van der Waals surface area contributed by atoms with E-state index in [1.54, 1.807) is 0 Å². The monoisotopic (exact) mass is 372 g/mol. The molecule has 2 nitrogen and oxygen atoms in total. The number of rotatable bonds is 3. The Morgan fingerprint density at radius 2 is 1.85 bits per heavy atom. The highest BCUT2D eigenvalue weighted by molar-refractivity contribution is 5.79. The van der Waals surface area contributed by atoms with E-state index in [4.69, 9.17) is 0 Å². The van der Waals surface area contributed by atoms with Crippen molar-refractivity contribution in [3.05, 3.63) is 12.2 Å². The smallest absolute Gasteiger partial charge is 0.133 e. The second kappa shape index (κ2) is 6.71. The second-order valence-electron chi connectivity index (χ2n) is 11.1. The quantitative estimate of drug-likeness (QED) is 0.637. The van der Waals surface area contributed by atoms with Gasteiger partial charge in [0.15, 0.2) is 0 Å². The lowest BCUT2D eigenvalue weighted by molar-refractivity contribution is -0.152. The molecule has 0 aliphatic heterocycles. The standard InChI is InChI=1S/C25H40O2/c1-6-15(2)20-14-25(5)21(16(3)26)9-10-22(25)19-8-7-17-13-18(27)11-12-24(17,4)23(19)20/h17-23,27H,2,6-14H2,1,3-5H3/t17?,18-,19+,20-,21-,22?,23?,24+,25-/m1/s1. The number of hydrogen-bond donors (Lipinski definition) is 1. The fourth-order valence-electron chi connectivity index (χ4n) is 8.75. The van der Waals surface area contributed by atoms with Crippen molar-refractivity contribution in [2.45, 2.75) is 91.6 Å². The number of carbonyl (C=O) groups excluding carboxylic acids is 1. The zero-order valence-electron chi connectivity index (χ0n) is 18.0. The molecule has 4 rings (SSSR count). The van der Waals surface area contributed by atoms with Gasteiger partial charge in [-0.05, 0) is 105 Å². The molecule has 9 atom stereocenters. The lowest BCUT2D eigenvalue weighted by atomic mass is 9.41. The maximum atomic E-state index is 12.5. The molecule has 0 heterocycles. The minimum Gasteiger partial charge on any atom is -0.393 e. The summed E-state index contributed by atoms with van der Waals surface area (Å²) in [5.74, 6) is 4.07. The Kier molecular flexibility index (Phi) is 4.89. The summed E-state index contributed by atoms with van der Waals surface area (Å²) in [5, 5.41) is 10.3. The van der Waals surface area contributed by atoms with Crippen LogP contribution >= 0.6 is 0 Å². The lowest BCUT2D eigenvalue weighted by Crippen LogP contribution is -2.57. The van der Waals surface area contributed by atoms with Crippen LogP contribution in [0.5, 0.6) is 0 Å². The normalized spacial score (nSPS) is 51.8. The van der Waals surface area contributed by atoms with Crippen LogP contribution in [0, 0.1) is 46.3 Å². The van der Waals surface area contributed by atoms with Crippen molar-refractivity contribution in [3.63, 3.8) is 0 Å². The average molecular weight is 373 g/mol. The van der Waals surface area contributed by atoms with Crippen LogP contribution < -0.4 is 0 Å². The van der Waals surface area contributed by atoms with Crippen molar-refractivity contribution in [1.29, 1.82) is 0 Å². The second-order valence-corrected chi connectivity index (χ2v) is 11.1. The molecule has 0 aromatic rings. The van der Waals surface area contributed by atoms with Crippen LogP contribution in [0.15, 0.2) is 12.2 Å². The van der Waals surface area contributed by atoms with Gasteiger partial charge in [0.2, 0.25) is 0 Å². The Hall–Kier alpha value is -0.630. The van der Waals surface area contributed by atoms with Gasteiger partial charge in [-0.25, -0.2) is 0 Å². The number of carbonyl (C=O) groups is 1. The van der Waals surface area contributed by atoms with E-state index in [-0.39, 0.29) is 17.4 Å². The summed E-state index contributed by atoms with van der Waals surface area (Å²) in [7, 11) is 0. The molecule has 0 saturated heterocycles. The van der Waals surface area contributed by atoms with Gasteiger partial charge in [0, 0.05) is 5.92 Å². The number of aliphatic hydroxyl groups excluding tert-OH is 1. The highest BCUT2D eigenvalue weighted by Crippen LogP contribution is 2.69. The summed E-state index contributed by atoms with van der Waals surface area (Å²) >= 11 is 0. The van der Waals surface area contributed by atoms with Gasteiger partial charge in [-0.3, -0.25) is 4.79 Å². The lowest BCUT2D eigenvalue weighted by Gasteiger charge is -2.63. The molecule has 4 saturated carbocycles. The van der Waals surface area contributed by atoms with E-state index >= 15 is 0 Å². The van der Waals surface area contributed by atoms with Gasteiger partial charge in [0.1, 0.15) is 5.78 Å². The first kappa shape index (κ1) is 19.7. The number of hydrogen-bond acceptors (Lipinski definition) is 2. The van der Waals surface area contributed by atoms with E-state index in [1.807, 2.05) is 6.92 Å². The Bertz CT molecular complexity index is 624. The van der Waals surface area contributed by atoms with Crippen molar-refractivity contribution in [2.24, 2.45) is 46.3 Å². The predicted molar refractivity (Wildman–Crippen MR) is 110 cm³/mol. The molecule has 0 aromatic carbocycles. The van der Waals surface area contributed by atoms with E-state index in [2.05, 4.69) is 27.4 Å². The van der Waals surface area contributed by atoms with Crippen molar-refractivity contribution >= 4 is 5.78 Å². The molecule has 2 heteroatoms. The first-order chi connectivity index (χ1) is 12.7. The number of ketones is 1. The van der Waals surface area contributed by atoms with Gasteiger partial charge in [-0.15, -0.1) is 0 Å². The highest BCUT2D eigenvalue weighted by Gasteiger charge is 2.63. The molecule has 0 spiro atoms. The minimum absolute atomic E-state index is 0.0881. The number of allylic oxidation sites excluding steroid dienone is 1. The van der Waals surface area contributed by atoms with Crippen LogP contribution in [-0.4, -0.2) is 17.0 Å². The molecule has 4 fully saturated rings. The summed E-state index contributed by atoms with van der Waals surface area (Å²) in [6.07, 6.45) is 10.2. The highest BCUT2D eigenvalue weighted by atomic mass is 16.3. The predicted octanol–water partition coefficient (Wildman–Crippen LogP) is 5.79. The third-order valence-corrected chi connectivity index (χ3v) is 10.1. The van der Waals surface area contributed by atoms with Crippen LogP contribution in [0.1, 0.15) is 85.5 Å². The van der Waals surface area contributed by atoms with Crippen molar-refractivity contribution in [2.75, 3.05) is 0 Å². The molecular weight excluding hydrogens is 332 g/mol. The molecule has 0 amide bonds.